The number of fused-ring (bicyclic) bond motifs is 1. The minimum atomic E-state index is -3.61. The molecule has 1 atom stereocenters. The van der Waals surface area contributed by atoms with Crippen LogP contribution in [0.1, 0.15) is 37.0 Å². The number of ether oxygens (including phenoxy) is 1. The molecule has 1 aliphatic rings. The molecule has 3 aromatic rings. The van der Waals surface area contributed by atoms with E-state index in [1.54, 1.807) is 24.1 Å². The van der Waals surface area contributed by atoms with Crippen LogP contribution in [-0.2, 0) is 14.8 Å². The van der Waals surface area contributed by atoms with E-state index in [1.807, 2.05) is 38.1 Å². The lowest BCUT2D eigenvalue weighted by atomic mass is 10.2. The van der Waals surface area contributed by atoms with Crippen LogP contribution >= 0.6 is 11.3 Å². The summed E-state index contributed by atoms with van der Waals surface area (Å²) in [6.45, 7) is 4.74. The van der Waals surface area contributed by atoms with Gasteiger partial charge in [-0.05, 0) is 63.1 Å². The van der Waals surface area contributed by atoms with E-state index in [4.69, 9.17) is 4.74 Å². The van der Waals surface area contributed by atoms with E-state index in [2.05, 4.69) is 4.98 Å². The van der Waals surface area contributed by atoms with Gasteiger partial charge in [-0.2, -0.15) is 4.31 Å². The molecule has 1 saturated heterocycles. The molecule has 1 fully saturated rings. The Morgan fingerprint density at radius 1 is 1.19 bits per heavy atom. The van der Waals surface area contributed by atoms with Crippen molar-refractivity contribution in [1.29, 1.82) is 0 Å². The van der Waals surface area contributed by atoms with Crippen LogP contribution in [0.25, 0.3) is 10.2 Å². The van der Waals surface area contributed by atoms with Gasteiger partial charge < -0.3 is 4.74 Å². The summed E-state index contributed by atoms with van der Waals surface area (Å²) in [5.41, 5.74) is 1.25. The van der Waals surface area contributed by atoms with Gasteiger partial charge in [-0.3, -0.25) is 9.69 Å². The first-order valence-corrected chi connectivity index (χ1v) is 12.9. The van der Waals surface area contributed by atoms with Crippen LogP contribution in [0.4, 0.5) is 5.13 Å². The predicted octanol–water partition coefficient (Wildman–Crippen LogP) is 4.15. The Morgan fingerprint density at radius 3 is 2.53 bits per heavy atom. The molecule has 0 saturated carbocycles. The van der Waals surface area contributed by atoms with Crippen LogP contribution in [0.2, 0.25) is 0 Å². The van der Waals surface area contributed by atoms with Crippen LogP contribution in [0, 0.1) is 0 Å². The Bertz CT molecular complexity index is 1170. The molecule has 1 amide bonds. The smallest absolute Gasteiger partial charge is 0.260 e. The number of nitrogens with zero attached hydrogens (tertiary/aromatic N) is 3. The summed E-state index contributed by atoms with van der Waals surface area (Å²) in [7, 11) is -2.06. The van der Waals surface area contributed by atoms with Gasteiger partial charge in [-0.1, -0.05) is 23.5 Å². The average Bonchev–Trinajstić information content (AvgIpc) is 3.46. The normalized spacial score (nSPS) is 16.8. The van der Waals surface area contributed by atoms with Gasteiger partial charge in [0.1, 0.15) is 0 Å². The van der Waals surface area contributed by atoms with Crippen molar-refractivity contribution in [2.75, 3.05) is 25.1 Å². The first-order valence-electron chi connectivity index (χ1n) is 10.6. The number of sulfonamides is 1. The van der Waals surface area contributed by atoms with Gasteiger partial charge >= 0.3 is 0 Å². The Labute approximate surface area is 192 Å². The van der Waals surface area contributed by atoms with Gasteiger partial charge in [-0.25, -0.2) is 13.4 Å². The fourth-order valence-electron chi connectivity index (χ4n) is 3.58. The maximum Gasteiger partial charge on any atom is 0.260 e. The van der Waals surface area contributed by atoms with Crippen LogP contribution in [0.5, 0.6) is 0 Å². The summed E-state index contributed by atoms with van der Waals surface area (Å²) in [5.74, 6) is -0.222. The average molecular weight is 474 g/mol. The van der Waals surface area contributed by atoms with Gasteiger partial charge in [0.05, 0.1) is 27.8 Å². The quantitative estimate of drug-likeness (QED) is 0.515. The molecule has 7 nitrogen and oxygen atoms in total. The lowest BCUT2D eigenvalue weighted by Gasteiger charge is -2.23. The van der Waals surface area contributed by atoms with Crippen molar-refractivity contribution in [1.82, 2.24) is 9.29 Å². The van der Waals surface area contributed by atoms with E-state index in [-0.39, 0.29) is 22.9 Å². The summed E-state index contributed by atoms with van der Waals surface area (Å²) in [6.07, 6.45) is 1.83. The second kappa shape index (κ2) is 9.27. The molecule has 2 heterocycles. The van der Waals surface area contributed by atoms with Gasteiger partial charge in [0.2, 0.25) is 10.0 Å². The number of aromatic nitrogens is 1. The second-order valence-electron chi connectivity index (χ2n) is 8.15. The second-order valence-corrected chi connectivity index (χ2v) is 11.2. The topological polar surface area (TPSA) is 79.8 Å². The summed E-state index contributed by atoms with van der Waals surface area (Å²) in [4.78, 5) is 20.0. The third kappa shape index (κ3) is 4.56. The highest BCUT2D eigenvalue weighted by Crippen LogP contribution is 2.31. The molecule has 1 aromatic heterocycles. The van der Waals surface area contributed by atoms with Crippen molar-refractivity contribution in [3.05, 3.63) is 54.1 Å². The van der Waals surface area contributed by atoms with Gasteiger partial charge in [0.25, 0.3) is 5.91 Å². The fourth-order valence-corrected chi connectivity index (χ4v) is 5.93. The number of hydrogen-bond donors (Lipinski definition) is 0. The third-order valence-corrected chi connectivity index (χ3v) is 8.78. The number of amides is 1. The largest absolute Gasteiger partial charge is 0.376 e. The lowest BCUT2D eigenvalue weighted by Crippen LogP contribution is -2.37. The molecule has 32 heavy (non-hydrogen) atoms. The Morgan fingerprint density at radius 2 is 1.91 bits per heavy atom. The first kappa shape index (κ1) is 22.8. The molecule has 0 aliphatic carbocycles. The van der Waals surface area contributed by atoms with Crippen molar-refractivity contribution >= 4 is 42.6 Å². The van der Waals surface area contributed by atoms with Gasteiger partial charge in [-0.15, -0.1) is 0 Å². The number of para-hydroxylation sites is 1. The number of carbonyl (C=O) groups is 1. The molecule has 0 radical (unpaired) electrons. The SMILES string of the molecule is CC(C)N(C)S(=O)(=O)c1ccc(C(=O)N(CC2CCCO2)c2nc3ccccc3s2)cc1. The van der Waals surface area contributed by atoms with Crippen molar-refractivity contribution < 1.29 is 17.9 Å². The molecule has 1 aliphatic heterocycles. The van der Waals surface area contributed by atoms with E-state index < -0.39 is 10.0 Å². The third-order valence-electron chi connectivity index (χ3n) is 5.67. The summed E-state index contributed by atoms with van der Waals surface area (Å²) >= 11 is 1.46. The molecule has 1 unspecified atom stereocenters. The monoisotopic (exact) mass is 473 g/mol. The maximum atomic E-state index is 13.5. The fraction of sp³-hybridized carbons (Fsp3) is 0.391. The minimum absolute atomic E-state index is 0.0368. The summed E-state index contributed by atoms with van der Waals surface area (Å²) < 4.78 is 33.6. The zero-order chi connectivity index (χ0) is 22.9. The molecular weight excluding hydrogens is 446 g/mol. The standard InChI is InChI=1S/C23H27N3O4S2/c1-16(2)25(3)32(28,29)19-12-10-17(11-13-19)22(27)26(15-18-7-6-14-30-18)23-24-20-8-4-5-9-21(20)31-23/h4-5,8-13,16,18H,6-7,14-15H2,1-3H3. The Kier molecular flexibility index (Phi) is 6.62. The lowest BCUT2D eigenvalue weighted by molar-refractivity contribution is 0.0917. The van der Waals surface area contributed by atoms with Crippen molar-refractivity contribution in [3.63, 3.8) is 0 Å². The van der Waals surface area contributed by atoms with E-state index in [0.29, 0.717) is 23.8 Å². The molecule has 0 bridgehead atoms. The van der Waals surface area contributed by atoms with Crippen LogP contribution in [0.15, 0.2) is 53.4 Å². The minimum Gasteiger partial charge on any atom is -0.376 e. The summed E-state index contributed by atoms with van der Waals surface area (Å²) in [5, 5.41) is 0.614. The molecule has 9 heteroatoms. The predicted molar refractivity (Wildman–Crippen MR) is 127 cm³/mol. The molecule has 2 aromatic carbocycles. The van der Waals surface area contributed by atoms with E-state index in [9.17, 15) is 13.2 Å². The molecule has 0 spiro atoms. The maximum absolute atomic E-state index is 13.5. The van der Waals surface area contributed by atoms with Crippen LogP contribution in [-0.4, -0.2) is 56.0 Å². The number of carbonyl (C=O) groups excluding carboxylic acids is 1. The van der Waals surface area contributed by atoms with Crippen LogP contribution < -0.4 is 4.90 Å². The number of benzene rings is 2. The van der Waals surface area contributed by atoms with E-state index in [1.165, 1.54) is 27.8 Å². The van der Waals surface area contributed by atoms with Gasteiger partial charge in [0.15, 0.2) is 5.13 Å². The van der Waals surface area contributed by atoms with E-state index in [0.717, 1.165) is 23.1 Å². The highest BCUT2D eigenvalue weighted by atomic mass is 32.2. The van der Waals surface area contributed by atoms with Crippen molar-refractivity contribution in [2.45, 2.75) is 43.7 Å². The number of thiazole rings is 1. The Hall–Kier alpha value is -2.33. The Balaban J connectivity index is 1.64. The van der Waals surface area contributed by atoms with Crippen molar-refractivity contribution in [3.8, 4) is 0 Å². The first-order chi connectivity index (χ1) is 15.3. The summed E-state index contributed by atoms with van der Waals surface area (Å²) in [6, 6.07) is 13.7. The van der Waals surface area contributed by atoms with Gasteiger partial charge in [0, 0.05) is 25.3 Å². The molecule has 0 N–H and O–H groups in total. The van der Waals surface area contributed by atoms with E-state index >= 15 is 0 Å². The number of anilines is 1. The molecular formula is C23H27N3O4S2. The highest BCUT2D eigenvalue weighted by Gasteiger charge is 2.28. The van der Waals surface area contributed by atoms with Crippen molar-refractivity contribution in [2.24, 2.45) is 0 Å². The van der Waals surface area contributed by atoms with Crippen LogP contribution in [0.3, 0.4) is 0 Å². The zero-order valence-electron chi connectivity index (χ0n) is 18.4. The number of hydrogen-bond acceptors (Lipinski definition) is 6. The number of rotatable bonds is 7. The highest BCUT2D eigenvalue weighted by molar-refractivity contribution is 7.89. The molecule has 4 rings (SSSR count). The zero-order valence-corrected chi connectivity index (χ0v) is 20.0. The molecule has 170 valence electrons.